The molecule has 1 aliphatic rings. The molecule has 1 aromatic rings. The molecule has 1 aromatic heterocycles. The van der Waals surface area contributed by atoms with Crippen LogP contribution in [0.5, 0.6) is 0 Å². The molecule has 1 atom stereocenters. The Balaban J connectivity index is 2.42. The molecule has 1 unspecified atom stereocenters. The van der Waals surface area contributed by atoms with E-state index in [4.69, 9.17) is 9.57 Å². The second kappa shape index (κ2) is 8.05. The molecule has 0 amide bonds. The maximum Gasteiger partial charge on any atom is 0.123 e. The summed E-state index contributed by atoms with van der Waals surface area (Å²) < 4.78 is 5.64. The Morgan fingerprint density at radius 3 is 2.28 bits per heavy atom. The number of hydrogen-bond acceptors (Lipinski definition) is 4. The standard InChI is InChI=1S/C21H32N2O2/c1-8-17(9-2)23(18-10-12-22-13-11-18)25-20-16(4)19(24-7)15(3)14-21(20,5)6/h10-14,17,20H,8-9H2,1-7H3. The number of aromatic nitrogens is 1. The van der Waals surface area contributed by atoms with Crippen LogP contribution in [0.1, 0.15) is 54.4 Å². The van der Waals surface area contributed by atoms with Gasteiger partial charge >= 0.3 is 0 Å². The summed E-state index contributed by atoms with van der Waals surface area (Å²) in [6.07, 6.45) is 7.82. The molecule has 0 radical (unpaired) electrons. The lowest BCUT2D eigenvalue weighted by Gasteiger charge is -2.42. The van der Waals surface area contributed by atoms with Gasteiger partial charge in [-0.1, -0.05) is 33.8 Å². The van der Waals surface area contributed by atoms with Crippen LogP contribution in [0.2, 0.25) is 0 Å². The van der Waals surface area contributed by atoms with Crippen LogP contribution in [0.25, 0.3) is 0 Å². The minimum Gasteiger partial charge on any atom is -0.496 e. The van der Waals surface area contributed by atoms with Crippen molar-refractivity contribution in [3.63, 3.8) is 0 Å². The van der Waals surface area contributed by atoms with Crippen molar-refractivity contribution in [1.29, 1.82) is 0 Å². The maximum atomic E-state index is 6.65. The number of allylic oxidation sites excluding steroid dienone is 1. The lowest BCUT2D eigenvalue weighted by atomic mass is 9.76. The van der Waals surface area contributed by atoms with Gasteiger partial charge in [0.1, 0.15) is 11.9 Å². The van der Waals surface area contributed by atoms with Gasteiger partial charge in [-0.3, -0.25) is 14.9 Å². The minimum absolute atomic E-state index is 0.0834. The highest BCUT2D eigenvalue weighted by Crippen LogP contribution is 2.40. The Bertz CT molecular complexity index is 631. The number of hydrogen-bond donors (Lipinski definition) is 0. The molecular formula is C21H32N2O2. The highest BCUT2D eigenvalue weighted by atomic mass is 16.7. The summed E-state index contributed by atoms with van der Waals surface area (Å²) in [4.78, 5) is 10.8. The Hall–Kier alpha value is -1.81. The molecule has 1 aliphatic carbocycles. The van der Waals surface area contributed by atoms with Gasteiger partial charge in [0.25, 0.3) is 0 Å². The summed E-state index contributed by atoms with van der Waals surface area (Å²) in [5.41, 5.74) is 3.23. The average Bonchev–Trinajstić information content (AvgIpc) is 2.58. The first-order valence-corrected chi connectivity index (χ1v) is 9.16. The van der Waals surface area contributed by atoms with E-state index in [-0.39, 0.29) is 11.5 Å². The Kier molecular flexibility index (Phi) is 6.28. The van der Waals surface area contributed by atoms with Gasteiger partial charge in [0.2, 0.25) is 0 Å². The van der Waals surface area contributed by atoms with Gasteiger partial charge in [0.05, 0.1) is 18.8 Å². The van der Waals surface area contributed by atoms with Crippen LogP contribution in [0.3, 0.4) is 0 Å². The van der Waals surface area contributed by atoms with Crippen molar-refractivity contribution in [2.24, 2.45) is 5.41 Å². The van der Waals surface area contributed by atoms with Gasteiger partial charge in [-0.15, -0.1) is 0 Å². The zero-order valence-corrected chi connectivity index (χ0v) is 16.7. The van der Waals surface area contributed by atoms with Crippen LogP contribution >= 0.6 is 0 Å². The number of nitrogens with zero attached hydrogens (tertiary/aromatic N) is 2. The van der Waals surface area contributed by atoms with Crippen molar-refractivity contribution in [3.05, 3.63) is 47.5 Å². The van der Waals surface area contributed by atoms with Crippen molar-refractivity contribution < 1.29 is 9.57 Å². The van der Waals surface area contributed by atoms with E-state index in [1.54, 1.807) is 7.11 Å². The van der Waals surface area contributed by atoms with Crippen molar-refractivity contribution in [2.45, 2.75) is 66.5 Å². The summed E-state index contributed by atoms with van der Waals surface area (Å²) in [5, 5.41) is 2.07. The van der Waals surface area contributed by atoms with Crippen LogP contribution in [-0.2, 0) is 9.57 Å². The zero-order chi connectivity index (χ0) is 18.6. The first-order chi connectivity index (χ1) is 11.9. The monoisotopic (exact) mass is 344 g/mol. The average molecular weight is 344 g/mol. The topological polar surface area (TPSA) is 34.6 Å². The number of ether oxygens (including phenoxy) is 1. The molecule has 2 rings (SSSR count). The molecule has 0 aromatic carbocycles. The van der Waals surface area contributed by atoms with Crippen molar-refractivity contribution in [3.8, 4) is 0 Å². The zero-order valence-electron chi connectivity index (χ0n) is 16.7. The van der Waals surface area contributed by atoms with Crippen LogP contribution in [0.15, 0.2) is 47.5 Å². The lowest BCUT2D eigenvalue weighted by Crippen LogP contribution is -2.45. The van der Waals surface area contributed by atoms with E-state index >= 15 is 0 Å². The second-order valence-corrected chi connectivity index (χ2v) is 7.35. The van der Waals surface area contributed by atoms with Gasteiger partial charge in [0, 0.05) is 23.4 Å². The first kappa shape index (κ1) is 19.5. The van der Waals surface area contributed by atoms with Gasteiger partial charge in [0.15, 0.2) is 0 Å². The predicted octanol–water partition coefficient (Wildman–Crippen LogP) is 5.28. The first-order valence-electron chi connectivity index (χ1n) is 9.16. The quantitative estimate of drug-likeness (QED) is 0.630. The normalized spacial score (nSPS) is 19.8. The van der Waals surface area contributed by atoms with Gasteiger partial charge in [-0.2, -0.15) is 0 Å². The molecule has 4 nitrogen and oxygen atoms in total. The van der Waals surface area contributed by atoms with Crippen LogP contribution in [-0.4, -0.2) is 24.2 Å². The fraction of sp³-hybridized carbons (Fsp3) is 0.571. The van der Waals surface area contributed by atoms with Crippen molar-refractivity contribution in [2.75, 3.05) is 12.2 Å². The highest BCUT2D eigenvalue weighted by Gasteiger charge is 2.38. The van der Waals surface area contributed by atoms with E-state index in [1.165, 1.54) is 5.57 Å². The molecule has 0 bridgehead atoms. The van der Waals surface area contributed by atoms with Gasteiger partial charge < -0.3 is 4.74 Å². The molecular weight excluding hydrogens is 312 g/mol. The summed E-state index contributed by atoms with van der Waals surface area (Å²) >= 11 is 0. The summed E-state index contributed by atoms with van der Waals surface area (Å²) in [6.45, 7) is 13.0. The molecule has 0 N–H and O–H groups in total. The van der Waals surface area contributed by atoms with E-state index in [0.717, 1.165) is 29.9 Å². The molecule has 0 saturated heterocycles. The molecule has 0 aliphatic heterocycles. The lowest BCUT2D eigenvalue weighted by molar-refractivity contribution is -0.0171. The van der Waals surface area contributed by atoms with Gasteiger partial charge in [-0.05, 0) is 44.4 Å². The SMILES string of the molecule is CCC(CC)N(OC1C(C)=C(OC)C(C)=CC1(C)C)c1ccncc1. The van der Waals surface area contributed by atoms with E-state index < -0.39 is 0 Å². The molecule has 1 heterocycles. The van der Waals surface area contributed by atoms with Gasteiger partial charge in [-0.25, -0.2) is 0 Å². The summed E-state index contributed by atoms with van der Waals surface area (Å²) in [6, 6.07) is 4.32. The van der Waals surface area contributed by atoms with Crippen LogP contribution < -0.4 is 5.06 Å². The fourth-order valence-corrected chi connectivity index (χ4v) is 3.81. The third kappa shape index (κ3) is 4.06. The molecule has 25 heavy (non-hydrogen) atoms. The van der Waals surface area contributed by atoms with E-state index in [9.17, 15) is 0 Å². The van der Waals surface area contributed by atoms with E-state index in [0.29, 0.717) is 6.04 Å². The Labute approximate surface area is 152 Å². The number of rotatable bonds is 7. The third-order valence-corrected chi connectivity index (χ3v) is 4.99. The largest absolute Gasteiger partial charge is 0.496 e. The number of pyridine rings is 1. The Morgan fingerprint density at radius 2 is 1.76 bits per heavy atom. The van der Waals surface area contributed by atoms with Crippen molar-refractivity contribution >= 4 is 5.69 Å². The molecule has 0 saturated carbocycles. The fourth-order valence-electron chi connectivity index (χ4n) is 3.81. The molecule has 0 spiro atoms. The minimum atomic E-state index is -0.118. The van der Waals surface area contributed by atoms with Crippen LogP contribution in [0.4, 0.5) is 5.69 Å². The third-order valence-electron chi connectivity index (χ3n) is 4.99. The Morgan fingerprint density at radius 1 is 1.16 bits per heavy atom. The predicted molar refractivity (Wildman–Crippen MR) is 103 cm³/mol. The highest BCUT2D eigenvalue weighted by molar-refractivity contribution is 5.44. The van der Waals surface area contributed by atoms with Crippen LogP contribution in [0, 0.1) is 5.41 Å². The summed E-state index contributed by atoms with van der Waals surface area (Å²) in [5.74, 6) is 0.934. The number of anilines is 1. The number of hydroxylamine groups is 1. The maximum absolute atomic E-state index is 6.65. The molecule has 0 fully saturated rings. The van der Waals surface area contributed by atoms with Crippen molar-refractivity contribution in [1.82, 2.24) is 4.98 Å². The number of methoxy groups -OCH3 is 1. The van der Waals surface area contributed by atoms with E-state index in [2.05, 4.69) is 57.7 Å². The smallest absolute Gasteiger partial charge is 0.123 e. The molecule has 4 heteroatoms. The second-order valence-electron chi connectivity index (χ2n) is 7.35. The molecule has 138 valence electrons. The van der Waals surface area contributed by atoms with E-state index in [1.807, 2.05) is 24.5 Å². The summed E-state index contributed by atoms with van der Waals surface area (Å²) in [7, 11) is 1.73.